The lowest BCUT2D eigenvalue weighted by atomic mass is 9.91. The maximum Gasteiger partial charge on any atom is 0.407 e. The lowest BCUT2D eigenvalue weighted by molar-refractivity contribution is -0.130. The average Bonchev–Trinajstić information content (AvgIpc) is 3.33. The maximum absolute atomic E-state index is 13.1. The Hall–Kier alpha value is -4.40. The average molecular weight is 516 g/mol. The van der Waals surface area contributed by atoms with Gasteiger partial charge in [0, 0.05) is 18.8 Å². The van der Waals surface area contributed by atoms with Crippen molar-refractivity contribution < 1.29 is 19.5 Å². The van der Waals surface area contributed by atoms with Crippen LogP contribution in [0.4, 0.5) is 10.6 Å². The summed E-state index contributed by atoms with van der Waals surface area (Å²) in [5, 5.41) is 15.3. The van der Waals surface area contributed by atoms with Gasteiger partial charge >= 0.3 is 6.09 Å². The molecule has 0 bridgehead atoms. The monoisotopic (exact) mass is 515 g/mol. The number of carbonyl (C=O) groups excluding carboxylic acids is 2. The second-order valence-electron chi connectivity index (χ2n) is 9.71. The zero-order chi connectivity index (χ0) is 27.2. The molecule has 1 unspecified atom stereocenters. The van der Waals surface area contributed by atoms with Gasteiger partial charge < -0.3 is 21.5 Å². The molecule has 1 aliphatic rings. The summed E-state index contributed by atoms with van der Waals surface area (Å²) >= 11 is 0. The molecule has 0 spiro atoms. The highest BCUT2D eigenvalue weighted by Crippen LogP contribution is 2.31. The number of aryl methyl sites for hydroxylation is 1. The third kappa shape index (κ3) is 6.29. The van der Waals surface area contributed by atoms with Gasteiger partial charge in [0.15, 0.2) is 0 Å². The number of nitrogens with one attached hydrogen (secondary N) is 2. The fraction of sp³-hybridized carbons (Fsp3) is 0.310. The third-order valence-corrected chi connectivity index (χ3v) is 6.97. The van der Waals surface area contributed by atoms with Crippen LogP contribution in [0.5, 0.6) is 0 Å². The molecular formula is C29H33N5O4. The number of benzene rings is 2. The smallest absolute Gasteiger partial charge is 0.407 e. The topological polar surface area (TPSA) is 138 Å². The van der Waals surface area contributed by atoms with Crippen LogP contribution in [0.25, 0.3) is 11.1 Å². The van der Waals surface area contributed by atoms with Crippen LogP contribution in [-0.4, -0.2) is 51.5 Å². The lowest BCUT2D eigenvalue weighted by Crippen LogP contribution is -2.51. The molecule has 4 rings (SSSR count). The van der Waals surface area contributed by atoms with Crippen LogP contribution >= 0.6 is 0 Å². The lowest BCUT2D eigenvalue weighted by Gasteiger charge is -2.22. The highest BCUT2D eigenvalue weighted by Gasteiger charge is 2.40. The number of anilines is 1. The van der Waals surface area contributed by atoms with Crippen molar-refractivity contribution in [3.8, 4) is 11.1 Å². The number of hydrogen-bond acceptors (Lipinski definition) is 5. The number of nitrogens with two attached hydrogens (primary N) is 1. The van der Waals surface area contributed by atoms with E-state index in [0.29, 0.717) is 24.4 Å². The van der Waals surface area contributed by atoms with Crippen LogP contribution in [0, 0.1) is 12.8 Å². The quantitative estimate of drug-likeness (QED) is 0.363. The molecule has 9 heteroatoms. The summed E-state index contributed by atoms with van der Waals surface area (Å²) in [4.78, 5) is 43.1. The van der Waals surface area contributed by atoms with Crippen molar-refractivity contribution in [3.63, 3.8) is 0 Å². The molecule has 2 aromatic carbocycles. The van der Waals surface area contributed by atoms with Crippen molar-refractivity contribution in [2.45, 2.75) is 45.3 Å². The largest absolute Gasteiger partial charge is 0.465 e. The number of pyridine rings is 1. The van der Waals surface area contributed by atoms with E-state index in [4.69, 9.17) is 5.73 Å². The molecule has 1 aromatic heterocycles. The van der Waals surface area contributed by atoms with E-state index in [1.807, 2.05) is 48.5 Å². The van der Waals surface area contributed by atoms with Crippen LogP contribution in [0.15, 0.2) is 66.7 Å². The van der Waals surface area contributed by atoms with E-state index in [-0.39, 0.29) is 24.9 Å². The van der Waals surface area contributed by atoms with Crippen molar-refractivity contribution >= 4 is 23.7 Å². The first-order valence-electron chi connectivity index (χ1n) is 12.7. The van der Waals surface area contributed by atoms with Crippen molar-refractivity contribution in [2.75, 3.05) is 12.3 Å². The fourth-order valence-corrected chi connectivity index (χ4v) is 4.95. The van der Waals surface area contributed by atoms with Gasteiger partial charge in [0.05, 0.1) is 0 Å². The zero-order valence-electron chi connectivity index (χ0n) is 21.6. The minimum absolute atomic E-state index is 0.0307. The van der Waals surface area contributed by atoms with Crippen molar-refractivity contribution in [1.29, 1.82) is 0 Å². The van der Waals surface area contributed by atoms with E-state index in [9.17, 15) is 19.5 Å². The number of likely N-dealkylation sites (tertiary alicyclic amines) is 1. The van der Waals surface area contributed by atoms with E-state index in [0.717, 1.165) is 22.3 Å². The molecule has 3 amide bonds. The van der Waals surface area contributed by atoms with Crippen LogP contribution in [0.3, 0.4) is 0 Å². The highest BCUT2D eigenvalue weighted by molar-refractivity contribution is 5.91. The Morgan fingerprint density at radius 2 is 1.76 bits per heavy atom. The van der Waals surface area contributed by atoms with Gasteiger partial charge in [-0.25, -0.2) is 9.78 Å². The molecule has 9 nitrogen and oxygen atoms in total. The first-order valence-corrected chi connectivity index (χ1v) is 12.7. The summed E-state index contributed by atoms with van der Waals surface area (Å²) in [5.74, 6) is -0.474. The predicted octanol–water partition coefficient (Wildman–Crippen LogP) is 3.37. The molecular weight excluding hydrogens is 482 g/mol. The normalized spacial score (nSPS) is 17.6. The maximum atomic E-state index is 13.1. The summed E-state index contributed by atoms with van der Waals surface area (Å²) in [7, 11) is 0. The second kappa shape index (κ2) is 11.8. The Kier molecular flexibility index (Phi) is 8.25. The molecule has 3 aromatic rings. The molecule has 1 fully saturated rings. The molecule has 0 saturated carbocycles. The minimum Gasteiger partial charge on any atom is -0.465 e. The van der Waals surface area contributed by atoms with E-state index < -0.39 is 24.1 Å². The molecule has 2 heterocycles. The number of carbonyl (C=O) groups is 3. The van der Waals surface area contributed by atoms with Crippen molar-refractivity contribution in [1.82, 2.24) is 20.5 Å². The molecule has 0 radical (unpaired) electrons. The molecule has 38 heavy (non-hydrogen) atoms. The number of nitrogens with zero attached hydrogens (tertiary/aromatic N) is 2. The molecule has 198 valence electrons. The van der Waals surface area contributed by atoms with Gasteiger partial charge in [0.1, 0.15) is 17.9 Å². The summed E-state index contributed by atoms with van der Waals surface area (Å²) in [6.45, 7) is 3.87. The molecule has 0 aliphatic carbocycles. The van der Waals surface area contributed by atoms with Crippen LogP contribution in [-0.2, 0) is 22.6 Å². The summed E-state index contributed by atoms with van der Waals surface area (Å²) in [6, 6.07) is 19.8. The number of hydrogen-bond donors (Lipinski definition) is 4. The van der Waals surface area contributed by atoms with Crippen molar-refractivity contribution in [3.05, 3.63) is 83.6 Å². The molecule has 1 aliphatic heterocycles. The summed E-state index contributed by atoms with van der Waals surface area (Å²) in [6.07, 6.45) is -0.123. The van der Waals surface area contributed by atoms with Crippen LogP contribution in [0.1, 0.15) is 30.2 Å². The van der Waals surface area contributed by atoms with E-state index in [2.05, 4.69) is 21.7 Å². The minimum atomic E-state index is -1.15. The molecule has 1 saturated heterocycles. The Balaban J connectivity index is 1.38. The number of carboxylic acid groups (broad SMARTS) is 1. The number of aromatic nitrogens is 1. The van der Waals surface area contributed by atoms with Crippen LogP contribution < -0.4 is 16.4 Å². The van der Waals surface area contributed by atoms with Gasteiger partial charge in [-0.15, -0.1) is 0 Å². The van der Waals surface area contributed by atoms with E-state index in [1.54, 1.807) is 26.0 Å². The summed E-state index contributed by atoms with van der Waals surface area (Å²) < 4.78 is 0. The molecule has 5 N–H and O–H groups in total. The third-order valence-electron chi connectivity index (χ3n) is 6.97. The SMILES string of the molecule is Cc1nc(N)ccc1CNC(=O)C(C)NC(=O)[C@H]1C[C@H](Cc2ccccc2-c2ccccc2)CN1C(=O)O. The van der Waals surface area contributed by atoms with Gasteiger partial charge in [-0.05, 0) is 60.9 Å². The first-order chi connectivity index (χ1) is 18.2. The number of nitrogen functional groups attached to an aromatic ring is 1. The first kappa shape index (κ1) is 26.7. The number of amides is 3. The fourth-order valence-electron chi connectivity index (χ4n) is 4.95. The van der Waals surface area contributed by atoms with Crippen LogP contribution in [0.2, 0.25) is 0 Å². The van der Waals surface area contributed by atoms with Gasteiger partial charge in [-0.3, -0.25) is 14.5 Å². The van der Waals surface area contributed by atoms with E-state index >= 15 is 0 Å². The second-order valence-corrected chi connectivity index (χ2v) is 9.71. The zero-order valence-corrected chi connectivity index (χ0v) is 21.6. The van der Waals surface area contributed by atoms with Gasteiger partial charge in [0.2, 0.25) is 11.8 Å². The Bertz CT molecular complexity index is 1310. The van der Waals surface area contributed by atoms with Gasteiger partial charge in [0.25, 0.3) is 0 Å². The Morgan fingerprint density at radius 1 is 1.05 bits per heavy atom. The Morgan fingerprint density at radius 3 is 2.47 bits per heavy atom. The summed E-state index contributed by atoms with van der Waals surface area (Å²) in [5.41, 5.74) is 10.5. The predicted molar refractivity (Wildman–Crippen MR) is 145 cm³/mol. The Labute approximate surface area is 222 Å². The van der Waals surface area contributed by atoms with Gasteiger partial charge in [-0.2, -0.15) is 0 Å². The van der Waals surface area contributed by atoms with Gasteiger partial charge in [-0.1, -0.05) is 60.7 Å². The number of rotatable bonds is 8. The standard InChI is InChI=1S/C29H33N5O4/c1-18-23(12-13-26(30)32-18)16-31-27(35)19(2)33-28(36)25-15-20(17-34(25)29(37)38)14-22-10-6-7-11-24(22)21-8-4-3-5-9-21/h3-13,19-20,25H,14-17H2,1-2H3,(H2,30,32)(H,31,35)(H,33,36)(H,37,38)/t19?,20-,25+/m0/s1. The molecule has 3 atom stereocenters. The van der Waals surface area contributed by atoms with E-state index in [1.165, 1.54) is 4.90 Å². The van der Waals surface area contributed by atoms with Crippen molar-refractivity contribution in [2.24, 2.45) is 5.92 Å². The highest BCUT2D eigenvalue weighted by atomic mass is 16.4.